The van der Waals surface area contributed by atoms with Crippen LogP contribution in [0.25, 0.3) is 16.7 Å². The van der Waals surface area contributed by atoms with E-state index >= 15 is 0 Å². The second-order valence-corrected chi connectivity index (χ2v) is 7.13. The van der Waals surface area contributed by atoms with E-state index in [1.807, 2.05) is 10.6 Å². The highest BCUT2D eigenvalue weighted by Crippen LogP contribution is 2.30. The van der Waals surface area contributed by atoms with Crippen LogP contribution in [0.15, 0.2) is 60.9 Å². The van der Waals surface area contributed by atoms with Crippen LogP contribution in [0.1, 0.15) is 21.5 Å². The van der Waals surface area contributed by atoms with Crippen molar-refractivity contribution in [1.29, 1.82) is 0 Å². The molecule has 0 spiro atoms. The molecule has 152 valence electrons. The predicted octanol–water partition coefficient (Wildman–Crippen LogP) is 4.91. The van der Waals surface area contributed by atoms with Gasteiger partial charge in [0.25, 0.3) is 5.91 Å². The van der Waals surface area contributed by atoms with E-state index in [0.717, 1.165) is 16.7 Å². The van der Waals surface area contributed by atoms with Crippen molar-refractivity contribution in [2.45, 2.75) is 13.8 Å². The van der Waals surface area contributed by atoms with Crippen LogP contribution in [0.3, 0.4) is 0 Å². The van der Waals surface area contributed by atoms with Gasteiger partial charge in [-0.3, -0.25) is 9.36 Å². The molecule has 4 aromatic rings. The van der Waals surface area contributed by atoms with Gasteiger partial charge in [0, 0.05) is 11.6 Å². The van der Waals surface area contributed by atoms with Crippen molar-refractivity contribution in [3.8, 4) is 17.2 Å². The maximum absolute atomic E-state index is 12.8. The summed E-state index contributed by atoms with van der Waals surface area (Å²) in [5, 5.41) is 2.89. The van der Waals surface area contributed by atoms with Crippen molar-refractivity contribution in [2.75, 3.05) is 19.5 Å². The fourth-order valence-corrected chi connectivity index (χ4v) is 3.52. The van der Waals surface area contributed by atoms with Gasteiger partial charge < -0.3 is 14.8 Å². The number of rotatable bonds is 5. The van der Waals surface area contributed by atoms with Crippen molar-refractivity contribution < 1.29 is 14.3 Å². The Hall–Kier alpha value is -3.80. The molecule has 1 N–H and O–H groups in total. The Morgan fingerprint density at radius 2 is 1.80 bits per heavy atom. The molecule has 0 radical (unpaired) electrons. The molecule has 0 unspecified atom stereocenters. The predicted molar refractivity (Wildman–Crippen MR) is 118 cm³/mol. The summed E-state index contributed by atoms with van der Waals surface area (Å²) in [5.41, 5.74) is 6.25. The Bertz CT molecular complexity index is 1240. The third kappa shape index (κ3) is 3.59. The van der Waals surface area contributed by atoms with Crippen LogP contribution in [0.4, 0.5) is 5.69 Å². The van der Waals surface area contributed by atoms with Gasteiger partial charge >= 0.3 is 0 Å². The van der Waals surface area contributed by atoms with Gasteiger partial charge in [0.15, 0.2) is 0 Å². The summed E-state index contributed by atoms with van der Waals surface area (Å²) < 4.78 is 12.6. The van der Waals surface area contributed by atoms with Crippen LogP contribution < -0.4 is 14.8 Å². The maximum Gasteiger partial charge on any atom is 0.255 e. The molecule has 0 aliphatic heterocycles. The minimum atomic E-state index is -0.235. The smallest absolute Gasteiger partial charge is 0.255 e. The second kappa shape index (κ2) is 7.91. The molecule has 4 rings (SSSR count). The normalized spacial score (nSPS) is 10.8. The first-order valence-corrected chi connectivity index (χ1v) is 9.58. The lowest BCUT2D eigenvalue weighted by Gasteiger charge is -2.12. The summed E-state index contributed by atoms with van der Waals surface area (Å²) in [6.07, 6.45) is 1.79. The van der Waals surface area contributed by atoms with Crippen LogP contribution in [-0.4, -0.2) is 29.7 Å². The average molecular weight is 401 g/mol. The lowest BCUT2D eigenvalue weighted by molar-refractivity contribution is 0.102. The summed E-state index contributed by atoms with van der Waals surface area (Å²) in [6, 6.07) is 17.1. The SMILES string of the molecule is COc1ccc(NC(=O)c2ccc3c(c2)ncn3-c2ccc(C)cc2C)c(OC)c1. The van der Waals surface area contributed by atoms with Crippen molar-refractivity contribution in [2.24, 2.45) is 0 Å². The van der Waals surface area contributed by atoms with E-state index in [1.165, 1.54) is 11.1 Å². The molecule has 0 aliphatic carbocycles. The van der Waals surface area contributed by atoms with E-state index in [1.54, 1.807) is 50.9 Å². The molecule has 3 aromatic carbocycles. The van der Waals surface area contributed by atoms with Gasteiger partial charge in [0.1, 0.15) is 17.8 Å². The number of amides is 1. The van der Waals surface area contributed by atoms with E-state index in [0.29, 0.717) is 22.7 Å². The molecule has 0 aliphatic rings. The highest BCUT2D eigenvalue weighted by atomic mass is 16.5. The Morgan fingerprint density at radius 1 is 0.967 bits per heavy atom. The molecule has 6 heteroatoms. The Kier molecular flexibility index (Phi) is 5.14. The fourth-order valence-electron chi connectivity index (χ4n) is 3.52. The molecule has 0 fully saturated rings. The van der Waals surface area contributed by atoms with Gasteiger partial charge in [0.2, 0.25) is 0 Å². The number of hydrogen-bond acceptors (Lipinski definition) is 4. The number of carbonyl (C=O) groups excluding carboxylic acids is 1. The molecule has 1 aromatic heterocycles. The first-order valence-electron chi connectivity index (χ1n) is 9.58. The van der Waals surface area contributed by atoms with Crippen LogP contribution >= 0.6 is 0 Å². The summed E-state index contributed by atoms with van der Waals surface area (Å²) in [4.78, 5) is 17.3. The van der Waals surface area contributed by atoms with E-state index in [2.05, 4.69) is 42.3 Å². The number of nitrogens with one attached hydrogen (secondary N) is 1. The zero-order valence-corrected chi connectivity index (χ0v) is 17.4. The molecule has 0 saturated heterocycles. The third-order valence-electron chi connectivity index (χ3n) is 5.08. The number of aryl methyl sites for hydroxylation is 2. The van der Waals surface area contributed by atoms with Gasteiger partial charge in [0.05, 0.1) is 36.6 Å². The quantitative estimate of drug-likeness (QED) is 0.516. The molecular formula is C24H23N3O3. The zero-order valence-electron chi connectivity index (χ0n) is 17.4. The summed E-state index contributed by atoms with van der Waals surface area (Å²) >= 11 is 0. The lowest BCUT2D eigenvalue weighted by Crippen LogP contribution is -2.12. The van der Waals surface area contributed by atoms with E-state index in [4.69, 9.17) is 9.47 Å². The van der Waals surface area contributed by atoms with Crippen molar-refractivity contribution in [3.05, 3.63) is 77.6 Å². The van der Waals surface area contributed by atoms with E-state index in [-0.39, 0.29) is 5.91 Å². The second-order valence-electron chi connectivity index (χ2n) is 7.13. The molecule has 0 bridgehead atoms. The number of hydrogen-bond donors (Lipinski definition) is 1. The minimum absolute atomic E-state index is 0.235. The number of carbonyl (C=O) groups is 1. The number of aromatic nitrogens is 2. The van der Waals surface area contributed by atoms with Crippen LogP contribution in [-0.2, 0) is 0 Å². The molecule has 1 amide bonds. The van der Waals surface area contributed by atoms with Crippen molar-refractivity contribution in [3.63, 3.8) is 0 Å². The molecule has 6 nitrogen and oxygen atoms in total. The van der Waals surface area contributed by atoms with E-state index < -0.39 is 0 Å². The summed E-state index contributed by atoms with van der Waals surface area (Å²) in [5.74, 6) is 0.951. The number of benzene rings is 3. The number of imidazole rings is 1. The van der Waals surface area contributed by atoms with Gasteiger partial charge in [-0.15, -0.1) is 0 Å². The van der Waals surface area contributed by atoms with Crippen LogP contribution in [0.2, 0.25) is 0 Å². The highest BCUT2D eigenvalue weighted by Gasteiger charge is 2.14. The highest BCUT2D eigenvalue weighted by molar-refractivity contribution is 6.06. The first kappa shape index (κ1) is 19.5. The molecule has 30 heavy (non-hydrogen) atoms. The number of nitrogens with zero attached hydrogens (tertiary/aromatic N) is 2. The maximum atomic E-state index is 12.8. The third-order valence-corrected chi connectivity index (χ3v) is 5.08. The van der Waals surface area contributed by atoms with Gasteiger partial charge in [-0.2, -0.15) is 0 Å². The number of fused-ring (bicyclic) bond motifs is 1. The fraction of sp³-hybridized carbons (Fsp3) is 0.167. The zero-order chi connectivity index (χ0) is 21.3. The summed E-state index contributed by atoms with van der Waals surface area (Å²) in [7, 11) is 3.13. The van der Waals surface area contributed by atoms with Gasteiger partial charge in [-0.05, 0) is 55.8 Å². The van der Waals surface area contributed by atoms with Gasteiger partial charge in [-0.25, -0.2) is 4.98 Å². The molecule has 0 atom stereocenters. The average Bonchev–Trinajstić information content (AvgIpc) is 3.17. The number of anilines is 1. The topological polar surface area (TPSA) is 65.4 Å². The van der Waals surface area contributed by atoms with Crippen molar-refractivity contribution in [1.82, 2.24) is 9.55 Å². The summed E-state index contributed by atoms with van der Waals surface area (Å²) in [6.45, 7) is 4.16. The standard InChI is InChI=1S/C24H23N3O3/c1-15-5-9-21(16(2)11-15)27-14-25-20-12-17(6-10-22(20)27)24(28)26-19-8-7-18(29-3)13-23(19)30-4/h5-14H,1-4H3,(H,26,28). The molecule has 0 saturated carbocycles. The Labute approximate surface area is 175 Å². The number of methoxy groups -OCH3 is 2. The van der Waals surface area contributed by atoms with Crippen LogP contribution in [0, 0.1) is 13.8 Å². The van der Waals surface area contributed by atoms with Gasteiger partial charge in [-0.1, -0.05) is 17.7 Å². The monoisotopic (exact) mass is 401 g/mol. The van der Waals surface area contributed by atoms with E-state index in [9.17, 15) is 4.79 Å². The minimum Gasteiger partial charge on any atom is -0.497 e. The number of ether oxygens (including phenoxy) is 2. The molecular weight excluding hydrogens is 378 g/mol. The lowest BCUT2D eigenvalue weighted by atomic mass is 10.1. The van der Waals surface area contributed by atoms with Crippen molar-refractivity contribution >= 4 is 22.6 Å². The Balaban J connectivity index is 1.64. The molecule has 1 heterocycles. The first-order chi connectivity index (χ1) is 14.5. The Morgan fingerprint density at radius 3 is 2.53 bits per heavy atom. The van der Waals surface area contributed by atoms with Crippen LogP contribution in [0.5, 0.6) is 11.5 Å². The largest absolute Gasteiger partial charge is 0.497 e.